The van der Waals surface area contributed by atoms with E-state index in [0.29, 0.717) is 6.61 Å². The number of ether oxygens (including phenoxy) is 2. The number of hydrogen-bond donors (Lipinski definition) is 0. The monoisotopic (exact) mass is 200 g/mol. The molecule has 66 valence electrons. The summed E-state index contributed by atoms with van der Waals surface area (Å²) < 4.78 is 9.34. The summed E-state index contributed by atoms with van der Waals surface area (Å²) in [7, 11) is 0. The summed E-state index contributed by atoms with van der Waals surface area (Å²) in [6.45, 7) is 2.13. The molecule has 0 rings (SSSR count). The van der Waals surface area contributed by atoms with E-state index in [2.05, 4.69) is 4.74 Å². The molecule has 3 nitrogen and oxygen atoms in total. The fraction of sp³-hybridized carbons (Fsp3) is 0.833. The van der Waals surface area contributed by atoms with E-state index in [-0.39, 0.29) is 13.2 Å². The second kappa shape index (κ2) is 6.70. The van der Waals surface area contributed by atoms with Gasteiger partial charge in [-0.05, 0) is 6.92 Å². The summed E-state index contributed by atoms with van der Waals surface area (Å²) in [6, 6.07) is 0. The Morgan fingerprint density at radius 2 is 2.18 bits per heavy atom. The summed E-state index contributed by atoms with van der Waals surface area (Å²) in [5, 5.41) is 0. The van der Waals surface area contributed by atoms with Gasteiger partial charge in [-0.25, -0.2) is 4.79 Å². The molecule has 0 N–H and O–H groups in total. The molecule has 5 heteroatoms. The summed E-state index contributed by atoms with van der Waals surface area (Å²) in [5.41, 5.74) is 0. The molecule has 0 aromatic heterocycles. The van der Waals surface area contributed by atoms with Crippen LogP contribution in [0.4, 0.5) is 0 Å². The molecule has 0 spiro atoms. The van der Waals surface area contributed by atoms with Crippen LogP contribution in [-0.2, 0) is 14.3 Å². The third-order valence-electron chi connectivity index (χ3n) is 0.769. The Morgan fingerprint density at radius 3 is 2.64 bits per heavy atom. The van der Waals surface area contributed by atoms with Crippen LogP contribution in [0.15, 0.2) is 0 Å². The van der Waals surface area contributed by atoms with Gasteiger partial charge in [0.15, 0.2) is 0 Å². The van der Waals surface area contributed by atoms with E-state index >= 15 is 0 Å². The van der Waals surface area contributed by atoms with Gasteiger partial charge in [0.25, 0.3) is 0 Å². The smallest absolute Gasteiger partial charge is 0.332 e. The van der Waals surface area contributed by atoms with Crippen molar-refractivity contribution in [3.05, 3.63) is 0 Å². The van der Waals surface area contributed by atoms with Crippen LogP contribution in [0, 0.1) is 0 Å². The van der Waals surface area contributed by atoms with Crippen molar-refractivity contribution < 1.29 is 14.3 Å². The van der Waals surface area contributed by atoms with E-state index < -0.39 is 10.8 Å². The van der Waals surface area contributed by atoms with Crippen molar-refractivity contribution in [1.82, 2.24) is 0 Å². The molecular weight excluding hydrogens is 191 g/mol. The van der Waals surface area contributed by atoms with Gasteiger partial charge >= 0.3 is 5.97 Å². The van der Waals surface area contributed by atoms with E-state index in [1.807, 2.05) is 0 Å². The maximum atomic E-state index is 10.6. The zero-order valence-corrected chi connectivity index (χ0v) is 7.69. The van der Waals surface area contributed by atoms with E-state index in [1.54, 1.807) is 6.92 Å². The Balaban J connectivity index is 3.17. The van der Waals surface area contributed by atoms with Gasteiger partial charge in [0.05, 0.1) is 13.2 Å². The molecule has 0 aliphatic rings. The molecule has 0 aromatic carbocycles. The topological polar surface area (TPSA) is 35.5 Å². The van der Waals surface area contributed by atoms with Crippen LogP contribution in [0.1, 0.15) is 6.92 Å². The van der Waals surface area contributed by atoms with E-state index in [4.69, 9.17) is 27.9 Å². The summed E-state index contributed by atoms with van der Waals surface area (Å²) in [4.78, 5) is 10.00. The third kappa shape index (κ3) is 7.91. The lowest BCUT2D eigenvalue weighted by Crippen LogP contribution is -2.14. The average Bonchev–Trinajstić information content (AvgIpc) is 1.87. The third-order valence-corrected chi connectivity index (χ3v) is 1.02. The Kier molecular flexibility index (Phi) is 6.71. The van der Waals surface area contributed by atoms with Gasteiger partial charge in [0, 0.05) is 0 Å². The first-order chi connectivity index (χ1) is 5.16. The molecular formula is C6H10Cl2O3. The first-order valence-corrected chi connectivity index (χ1v) is 4.05. The number of alkyl halides is 2. The van der Waals surface area contributed by atoms with Crippen LogP contribution < -0.4 is 0 Å². The molecule has 0 saturated carbocycles. The Labute approximate surface area is 75.6 Å². The quantitative estimate of drug-likeness (QED) is 0.497. The Bertz CT molecular complexity index is 116. The van der Waals surface area contributed by atoms with Crippen molar-refractivity contribution >= 4 is 29.2 Å². The number of rotatable bonds is 5. The highest BCUT2D eigenvalue weighted by Gasteiger charge is 2.03. The van der Waals surface area contributed by atoms with Gasteiger partial charge < -0.3 is 9.47 Å². The molecule has 0 aliphatic carbocycles. The minimum atomic E-state index is -0.593. The average molecular weight is 201 g/mol. The molecule has 0 fully saturated rings. The molecule has 11 heavy (non-hydrogen) atoms. The van der Waals surface area contributed by atoms with E-state index in [1.165, 1.54) is 0 Å². The van der Waals surface area contributed by atoms with Crippen LogP contribution in [0.5, 0.6) is 0 Å². The maximum absolute atomic E-state index is 10.6. The zero-order chi connectivity index (χ0) is 8.69. The van der Waals surface area contributed by atoms with Crippen molar-refractivity contribution in [3.63, 3.8) is 0 Å². The number of halogens is 2. The number of esters is 1. The lowest BCUT2D eigenvalue weighted by atomic mass is 10.7. The van der Waals surface area contributed by atoms with Crippen LogP contribution in [0.25, 0.3) is 0 Å². The van der Waals surface area contributed by atoms with Gasteiger partial charge in [-0.2, -0.15) is 0 Å². The number of hydrogen-bond acceptors (Lipinski definition) is 3. The molecule has 0 aliphatic heterocycles. The van der Waals surface area contributed by atoms with E-state index in [9.17, 15) is 4.79 Å². The fourth-order valence-corrected chi connectivity index (χ4v) is 0.612. The van der Waals surface area contributed by atoms with Gasteiger partial charge in [0.1, 0.15) is 11.4 Å². The Morgan fingerprint density at radius 1 is 1.55 bits per heavy atom. The fourth-order valence-electron chi connectivity index (χ4n) is 0.434. The first kappa shape index (κ1) is 11.0. The molecule has 0 atom stereocenters. The summed E-state index contributed by atoms with van der Waals surface area (Å²) >= 11 is 10.7. The molecule has 0 unspecified atom stereocenters. The highest BCUT2D eigenvalue weighted by molar-refractivity contribution is 6.44. The normalized spacial score (nSPS) is 10.2. The molecule has 0 aromatic rings. The lowest BCUT2D eigenvalue weighted by molar-refractivity contribution is -0.148. The lowest BCUT2D eigenvalue weighted by Gasteiger charge is -2.03. The standard InChI is InChI=1S/C6H10Cl2O3/c1-2-11-6(9)4-10-3-5(7)8/h5H,2-4H2,1H3. The summed E-state index contributed by atoms with van der Waals surface area (Å²) in [6.07, 6.45) is 0. The van der Waals surface area contributed by atoms with Crippen LogP contribution in [-0.4, -0.2) is 30.6 Å². The SMILES string of the molecule is CCOC(=O)COCC(Cl)Cl. The molecule has 0 amide bonds. The predicted octanol–water partition coefficient (Wildman–Crippen LogP) is 1.37. The van der Waals surface area contributed by atoms with Gasteiger partial charge in [-0.1, -0.05) is 0 Å². The number of carbonyl (C=O) groups is 1. The van der Waals surface area contributed by atoms with Gasteiger partial charge in [-0.15, -0.1) is 23.2 Å². The minimum absolute atomic E-state index is 0.0935. The van der Waals surface area contributed by atoms with Crippen LogP contribution in [0.2, 0.25) is 0 Å². The van der Waals surface area contributed by atoms with Crippen molar-refractivity contribution in [1.29, 1.82) is 0 Å². The van der Waals surface area contributed by atoms with Gasteiger partial charge in [0.2, 0.25) is 0 Å². The second-order valence-electron chi connectivity index (χ2n) is 1.71. The van der Waals surface area contributed by atoms with Crippen molar-refractivity contribution in [3.8, 4) is 0 Å². The van der Waals surface area contributed by atoms with Crippen molar-refractivity contribution in [2.45, 2.75) is 11.8 Å². The molecule has 0 radical (unpaired) electrons. The van der Waals surface area contributed by atoms with Crippen LogP contribution >= 0.6 is 23.2 Å². The zero-order valence-electron chi connectivity index (χ0n) is 6.18. The van der Waals surface area contributed by atoms with Gasteiger partial charge in [-0.3, -0.25) is 0 Å². The minimum Gasteiger partial charge on any atom is -0.464 e. The molecule has 0 bridgehead atoms. The van der Waals surface area contributed by atoms with Crippen LogP contribution in [0.3, 0.4) is 0 Å². The predicted molar refractivity (Wildman–Crippen MR) is 42.9 cm³/mol. The highest BCUT2D eigenvalue weighted by atomic mass is 35.5. The highest BCUT2D eigenvalue weighted by Crippen LogP contribution is 2.00. The second-order valence-corrected chi connectivity index (χ2v) is 2.99. The van der Waals surface area contributed by atoms with E-state index in [0.717, 1.165) is 0 Å². The number of carbonyl (C=O) groups excluding carboxylic acids is 1. The molecule has 0 saturated heterocycles. The first-order valence-electron chi connectivity index (χ1n) is 3.18. The molecule has 0 heterocycles. The largest absolute Gasteiger partial charge is 0.464 e. The summed E-state index contributed by atoms with van der Waals surface area (Å²) in [5.74, 6) is -0.401. The van der Waals surface area contributed by atoms with Crippen molar-refractivity contribution in [2.24, 2.45) is 0 Å². The van der Waals surface area contributed by atoms with Crippen molar-refractivity contribution in [2.75, 3.05) is 19.8 Å². The Hall–Kier alpha value is 0.01000. The maximum Gasteiger partial charge on any atom is 0.332 e.